The van der Waals surface area contributed by atoms with E-state index in [-0.39, 0.29) is 23.8 Å². The number of carbonyl (C=O) groups excluding carboxylic acids is 1. The van der Waals surface area contributed by atoms with Crippen LogP contribution in [0.2, 0.25) is 0 Å². The molecule has 10 heteroatoms. The number of hydrogen-bond acceptors (Lipinski definition) is 6. The van der Waals surface area contributed by atoms with E-state index in [2.05, 4.69) is 44.0 Å². The second-order valence-corrected chi connectivity index (χ2v) is 15.6. The zero-order chi connectivity index (χ0) is 41.7. The minimum absolute atomic E-state index is 0.0606. The van der Waals surface area contributed by atoms with Gasteiger partial charge in [-0.3, -0.25) is 4.79 Å². The third-order valence-electron chi connectivity index (χ3n) is 9.61. The van der Waals surface area contributed by atoms with Crippen LogP contribution in [0, 0.1) is 0 Å². The van der Waals surface area contributed by atoms with Crippen molar-refractivity contribution in [2.24, 2.45) is 0 Å². The second kappa shape index (κ2) is 20.6. The maximum atomic E-state index is 13.6. The number of amides is 1. The van der Waals surface area contributed by atoms with Crippen LogP contribution in [0.15, 0.2) is 179 Å². The lowest BCUT2D eigenvalue weighted by molar-refractivity contribution is 0.0690. The van der Waals surface area contributed by atoms with Crippen molar-refractivity contribution in [2.45, 2.75) is 39.5 Å². The molecule has 8 nitrogen and oxygen atoms in total. The van der Waals surface area contributed by atoms with Gasteiger partial charge in [-0.2, -0.15) is 0 Å². The topological polar surface area (TPSA) is 94.5 Å². The molecule has 1 N–H and O–H groups in total. The third kappa shape index (κ3) is 11.2. The van der Waals surface area contributed by atoms with Gasteiger partial charge >= 0.3 is 5.97 Å². The van der Waals surface area contributed by atoms with E-state index in [9.17, 15) is 14.7 Å². The first kappa shape index (κ1) is 41.8. The number of carboxylic acid groups (broad SMARTS) is 1. The molecule has 7 aromatic carbocycles. The first-order valence-corrected chi connectivity index (χ1v) is 20.8. The number of hydrogen-bond donors (Lipinski definition) is 1. The molecule has 1 heterocycles. The summed E-state index contributed by atoms with van der Waals surface area (Å²) in [7, 11) is 0. The van der Waals surface area contributed by atoms with Gasteiger partial charge in [0.2, 0.25) is 0 Å². The Morgan fingerprint density at radius 2 is 0.767 bits per heavy atom. The van der Waals surface area contributed by atoms with Crippen molar-refractivity contribution in [2.75, 3.05) is 0 Å². The number of carboxylic acids is 1. The molecular formula is C50H41Br2NO7. The average molecular weight is 928 g/mol. The highest BCUT2D eigenvalue weighted by molar-refractivity contribution is 9.11. The summed E-state index contributed by atoms with van der Waals surface area (Å²) >= 11 is 6.98. The summed E-state index contributed by atoms with van der Waals surface area (Å²) in [5.74, 6) is 0.830. The summed E-state index contributed by atoms with van der Waals surface area (Å²) in [5.41, 5.74) is 7.05. The van der Waals surface area contributed by atoms with Crippen LogP contribution in [-0.2, 0) is 39.5 Å². The second-order valence-electron chi connectivity index (χ2n) is 13.9. The molecule has 7 aromatic rings. The molecule has 0 spiro atoms. The van der Waals surface area contributed by atoms with E-state index in [0.29, 0.717) is 60.2 Å². The maximum absolute atomic E-state index is 13.6. The summed E-state index contributed by atoms with van der Waals surface area (Å²) in [4.78, 5) is 27.0. The maximum Gasteiger partial charge on any atom is 0.339 e. The lowest BCUT2D eigenvalue weighted by atomic mass is 10.1. The molecule has 1 aliphatic heterocycles. The van der Waals surface area contributed by atoms with Crippen molar-refractivity contribution in [3.63, 3.8) is 0 Å². The number of rotatable bonds is 14. The standard InChI is InChI=1S/C29H24BrNO3.C21H17BrO4/c30-26-15-25(29(32)31-17-23-13-7-8-14-24(23)18-31)27(33-19-21-9-3-1-4-10-21)16-28(26)34-20-22-11-5-2-6-12-22;22-18-11-17(21(23)24)19(25-13-15-7-3-1-4-8-15)12-20(18)26-14-16-9-5-2-6-10-16/h1-16H,17-20H2;1-12H,13-14H2,(H,23,24). The Labute approximate surface area is 366 Å². The van der Waals surface area contributed by atoms with Crippen LogP contribution in [0.25, 0.3) is 0 Å². The summed E-state index contributed by atoms with van der Waals surface area (Å²) in [5, 5.41) is 9.44. The summed E-state index contributed by atoms with van der Waals surface area (Å²) in [6, 6.07) is 54.2. The van der Waals surface area contributed by atoms with E-state index >= 15 is 0 Å². The molecular weight excluding hydrogens is 886 g/mol. The summed E-state index contributed by atoms with van der Waals surface area (Å²) in [6.45, 7) is 2.63. The van der Waals surface area contributed by atoms with Gasteiger partial charge < -0.3 is 29.0 Å². The summed E-state index contributed by atoms with van der Waals surface area (Å²) in [6.07, 6.45) is 0. The van der Waals surface area contributed by atoms with Gasteiger partial charge in [0, 0.05) is 25.2 Å². The van der Waals surface area contributed by atoms with E-state index in [1.807, 2.05) is 150 Å². The zero-order valence-electron chi connectivity index (χ0n) is 32.5. The molecule has 0 bridgehead atoms. The van der Waals surface area contributed by atoms with Crippen molar-refractivity contribution >= 4 is 43.7 Å². The van der Waals surface area contributed by atoms with Gasteiger partial charge in [-0.25, -0.2) is 4.79 Å². The molecule has 0 atom stereocenters. The number of fused-ring (bicyclic) bond motifs is 1. The van der Waals surface area contributed by atoms with Crippen LogP contribution in [0.3, 0.4) is 0 Å². The Balaban J connectivity index is 0.000000189. The first-order chi connectivity index (χ1) is 29.3. The van der Waals surface area contributed by atoms with Gasteiger partial charge in [-0.05, 0) is 77.4 Å². The molecule has 302 valence electrons. The van der Waals surface area contributed by atoms with Gasteiger partial charge in [-0.1, -0.05) is 146 Å². The van der Waals surface area contributed by atoms with Crippen LogP contribution in [0.1, 0.15) is 54.1 Å². The van der Waals surface area contributed by atoms with Crippen LogP contribution >= 0.6 is 31.9 Å². The highest BCUT2D eigenvalue weighted by atomic mass is 79.9. The Morgan fingerprint density at radius 1 is 0.450 bits per heavy atom. The molecule has 0 radical (unpaired) electrons. The van der Waals surface area contributed by atoms with Crippen LogP contribution in [0.4, 0.5) is 0 Å². The molecule has 0 saturated heterocycles. The Bertz CT molecular complexity index is 2500. The minimum Gasteiger partial charge on any atom is -0.488 e. The molecule has 0 aliphatic carbocycles. The minimum atomic E-state index is -1.05. The third-order valence-corrected chi connectivity index (χ3v) is 10.8. The van der Waals surface area contributed by atoms with Crippen LogP contribution in [0.5, 0.6) is 23.0 Å². The van der Waals surface area contributed by atoms with Gasteiger partial charge in [0.05, 0.1) is 14.5 Å². The highest BCUT2D eigenvalue weighted by Gasteiger charge is 2.27. The quantitative estimate of drug-likeness (QED) is 0.116. The van der Waals surface area contributed by atoms with Gasteiger partial charge in [0.25, 0.3) is 5.91 Å². The molecule has 8 rings (SSSR count). The highest BCUT2D eigenvalue weighted by Crippen LogP contribution is 2.37. The smallest absolute Gasteiger partial charge is 0.339 e. The van der Waals surface area contributed by atoms with Crippen LogP contribution in [-0.4, -0.2) is 21.9 Å². The van der Waals surface area contributed by atoms with Crippen molar-refractivity contribution in [1.29, 1.82) is 0 Å². The molecule has 60 heavy (non-hydrogen) atoms. The predicted octanol–water partition coefficient (Wildman–Crippen LogP) is 12.1. The lowest BCUT2D eigenvalue weighted by Gasteiger charge is -2.20. The van der Waals surface area contributed by atoms with Gasteiger partial charge in [-0.15, -0.1) is 0 Å². The fourth-order valence-corrected chi connectivity index (χ4v) is 7.37. The average Bonchev–Trinajstić information content (AvgIpc) is 3.73. The van der Waals surface area contributed by atoms with Gasteiger partial charge in [0.1, 0.15) is 55.0 Å². The molecule has 0 saturated carbocycles. The molecule has 0 aromatic heterocycles. The zero-order valence-corrected chi connectivity index (χ0v) is 35.7. The van der Waals surface area contributed by atoms with E-state index in [0.717, 1.165) is 26.7 Å². The number of nitrogens with zero attached hydrogens (tertiary/aromatic N) is 1. The van der Waals surface area contributed by atoms with E-state index in [1.165, 1.54) is 17.2 Å². The van der Waals surface area contributed by atoms with Crippen LogP contribution < -0.4 is 18.9 Å². The normalized spacial score (nSPS) is 11.5. The predicted molar refractivity (Wildman–Crippen MR) is 238 cm³/mol. The number of ether oxygens (including phenoxy) is 4. The monoisotopic (exact) mass is 925 g/mol. The first-order valence-electron chi connectivity index (χ1n) is 19.2. The number of halogens is 2. The van der Waals surface area contributed by atoms with E-state index < -0.39 is 5.97 Å². The fourth-order valence-electron chi connectivity index (χ4n) is 6.45. The van der Waals surface area contributed by atoms with Gasteiger partial charge in [0.15, 0.2) is 0 Å². The van der Waals surface area contributed by atoms with Crippen molar-refractivity contribution in [1.82, 2.24) is 4.90 Å². The van der Waals surface area contributed by atoms with E-state index in [4.69, 9.17) is 18.9 Å². The number of benzene rings is 7. The largest absolute Gasteiger partial charge is 0.488 e. The van der Waals surface area contributed by atoms with E-state index in [1.54, 1.807) is 6.07 Å². The Kier molecular flexibility index (Phi) is 14.3. The van der Waals surface area contributed by atoms with Crippen molar-refractivity contribution in [3.8, 4) is 23.0 Å². The number of aromatic carboxylic acids is 1. The molecule has 1 amide bonds. The van der Waals surface area contributed by atoms with Crippen molar-refractivity contribution < 1.29 is 33.6 Å². The molecule has 0 unspecified atom stereocenters. The van der Waals surface area contributed by atoms with Crippen molar-refractivity contribution in [3.05, 3.63) is 223 Å². The SMILES string of the molecule is O=C(O)c1cc(Br)c(OCc2ccccc2)cc1OCc1ccccc1.O=C(c1cc(Br)c(OCc2ccccc2)cc1OCc1ccccc1)N1Cc2ccccc2C1. The Hall–Kier alpha value is -6.36. The fraction of sp³-hybridized carbons (Fsp3) is 0.120. The lowest BCUT2D eigenvalue weighted by Crippen LogP contribution is -2.26. The molecule has 0 fully saturated rings. The molecule has 1 aliphatic rings. The number of carbonyl (C=O) groups is 2. The summed E-state index contributed by atoms with van der Waals surface area (Å²) < 4.78 is 25.1. The Morgan fingerprint density at radius 3 is 1.13 bits per heavy atom.